The first-order valence-electron chi connectivity index (χ1n) is 9.00. The Hall–Kier alpha value is -2.46. The monoisotopic (exact) mass is 417 g/mol. The van der Waals surface area contributed by atoms with Crippen LogP contribution in [0.3, 0.4) is 0 Å². The number of nitrogens with zero attached hydrogens (tertiary/aromatic N) is 3. The predicted molar refractivity (Wildman–Crippen MR) is 106 cm³/mol. The van der Waals surface area contributed by atoms with Crippen LogP contribution in [-0.2, 0) is 15.3 Å². The van der Waals surface area contributed by atoms with E-state index in [0.717, 1.165) is 40.6 Å². The Morgan fingerprint density at radius 3 is 2.75 bits per heavy atom. The first-order valence-corrected chi connectivity index (χ1v) is 10.8. The van der Waals surface area contributed by atoms with Crippen molar-refractivity contribution in [3.8, 4) is 0 Å². The van der Waals surface area contributed by atoms with Crippen molar-refractivity contribution in [2.75, 3.05) is 11.9 Å². The molecule has 0 radical (unpaired) electrons. The van der Waals surface area contributed by atoms with Gasteiger partial charge in [-0.1, -0.05) is 54.9 Å². The van der Waals surface area contributed by atoms with Gasteiger partial charge < -0.3 is 5.32 Å². The van der Waals surface area contributed by atoms with E-state index in [4.69, 9.17) is 0 Å². The minimum Gasteiger partial charge on any atom is -0.323 e. The summed E-state index contributed by atoms with van der Waals surface area (Å²) in [5.41, 5.74) is 0.355. The molecule has 0 bridgehead atoms. The van der Waals surface area contributed by atoms with E-state index in [-0.39, 0.29) is 12.5 Å². The summed E-state index contributed by atoms with van der Waals surface area (Å²) in [6, 6.07) is 9.46. The molecule has 2 aliphatic rings. The lowest BCUT2D eigenvalue weighted by Crippen LogP contribution is -2.44. The molecule has 1 aromatic carbocycles. The lowest BCUT2D eigenvalue weighted by Gasteiger charge is -2.19. The van der Waals surface area contributed by atoms with Crippen molar-refractivity contribution in [2.45, 2.75) is 42.1 Å². The van der Waals surface area contributed by atoms with Gasteiger partial charge in [0.2, 0.25) is 16.2 Å². The van der Waals surface area contributed by atoms with Crippen molar-refractivity contribution in [3.05, 3.63) is 35.9 Å². The molecule has 10 heteroatoms. The molecule has 2 fully saturated rings. The Kier molecular flexibility index (Phi) is 5.31. The topological polar surface area (TPSA) is 104 Å². The molecule has 0 atom stereocenters. The summed E-state index contributed by atoms with van der Waals surface area (Å²) in [4.78, 5) is 42.3. The Morgan fingerprint density at radius 2 is 2.00 bits per heavy atom. The van der Waals surface area contributed by atoms with Gasteiger partial charge in [-0.2, -0.15) is 9.36 Å². The molecule has 1 spiro atoms. The second-order valence-corrected chi connectivity index (χ2v) is 8.51. The summed E-state index contributed by atoms with van der Waals surface area (Å²) in [6.07, 6.45) is 3.07. The number of amides is 4. The third-order valence-corrected chi connectivity index (χ3v) is 6.53. The van der Waals surface area contributed by atoms with Crippen molar-refractivity contribution >= 4 is 46.3 Å². The minimum absolute atomic E-state index is 0.304. The first-order chi connectivity index (χ1) is 13.6. The van der Waals surface area contributed by atoms with Crippen LogP contribution in [0.4, 0.5) is 9.93 Å². The molecule has 28 heavy (non-hydrogen) atoms. The molecular formula is C18H19N5O3S2. The van der Waals surface area contributed by atoms with E-state index in [9.17, 15) is 14.4 Å². The second kappa shape index (κ2) is 7.88. The third kappa shape index (κ3) is 3.88. The van der Waals surface area contributed by atoms with Gasteiger partial charge in [-0.15, -0.1) is 0 Å². The fraction of sp³-hybridized carbons (Fsp3) is 0.389. The Morgan fingerprint density at radius 1 is 1.25 bits per heavy atom. The quantitative estimate of drug-likeness (QED) is 0.553. The van der Waals surface area contributed by atoms with Crippen LogP contribution in [0.15, 0.2) is 35.5 Å². The molecule has 2 N–H and O–H groups in total. The molecule has 4 amide bonds. The summed E-state index contributed by atoms with van der Waals surface area (Å²) in [5.74, 6) is -0.0361. The molecule has 0 unspecified atom stereocenters. The minimum atomic E-state index is -0.804. The maximum absolute atomic E-state index is 12.6. The third-order valence-electron chi connectivity index (χ3n) is 4.87. The van der Waals surface area contributed by atoms with Crippen molar-refractivity contribution in [2.24, 2.45) is 0 Å². The number of aromatic nitrogens is 2. The van der Waals surface area contributed by atoms with Crippen LogP contribution in [0.2, 0.25) is 0 Å². The van der Waals surface area contributed by atoms with Crippen molar-refractivity contribution in [1.82, 2.24) is 19.6 Å². The number of rotatable bonds is 6. The van der Waals surface area contributed by atoms with Crippen LogP contribution in [-0.4, -0.2) is 44.2 Å². The number of nitrogens with one attached hydrogen (secondary N) is 2. The molecule has 1 aliphatic heterocycles. The molecule has 2 heterocycles. The number of hydrogen-bond acceptors (Lipinski definition) is 7. The SMILES string of the molecule is O=C(CN1C(=O)NC2(CCCC2)C1=O)Nc1nc(SCc2ccccc2)ns1. The van der Waals surface area contributed by atoms with E-state index in [1.807, 2.05) is 30.3 Å². The Labute approximate surface area is 170 Å². The molecule has 1 saturated carbocycles. The number of hydrogen-bond donors (Lipinski definition) is 2. The zero-order valence-corrected chi connectivity index (χ0v) is 16.6. The highest BCUT2D eigenvalue weighted by molar-refractivity contribution is 7.98. The molecule has 1 aromatic heterocycles. The van der Waals surface area contributed by atoms with Crippen LogP contribution >= 0.6 is 23.3 Å². The number of benzene rings is 1. The van der Waals surface area contributed by atoms with Gasteiger partial charge >= 0.3 is 6.03 Å². The standard InChI is InChI=1S/C18H19N5O3S2/c24-13(10-23-14(25)18(21-17(23)26)8-4-5-9-18)19-15-20-16(22-28-15)27-11-12-6-2-1-3-7-12/h1-3,6-7H,4-5,8-11H2,(H,21,26)(H,19,20,22,24). The second-order valence-electron chi connectivity index (χ2n) is 6.82. The van der Waals surface area contributed by atoms with Gasteiger partial charge in [0.15, 0.2) is 0 Å². The van der Waals surface area contributed by atoms with Gasteiger partial charge in [0.25, 0.3) is 5.91 Å². The van der Waals surface area contributed by atoms with Gasteiger partial charge in [-0.25, -0.2) is 4.79 Å². The van der Waals surface area contributed by atoms with Crippen LogP contribution in [0.5, 0.6) is 0 Å². The smallest absolute Gasteiger partial charge is 0.323 e. The molecule has 2 aromatic rings. The average Bonchev–Trinajstić information content (AvgIpc) is 3.39. The maximum Gasteiger partial charge on any atom is 0.325 e. The largest absolute Gasteiger partial charge is 0.325 e. The van der Waals surface area contributed by atoms with Gasteiger partial charge in [0.05, 0.1) is 0 Å². The fourth-order valence-electron chi connectivity index (χ4n) is 3.48. The number of carbonyl (C=O) groups is 3. The molecule has 146 valence electrons. The summed E-state index contributed by atoms with van der Waals surface area (Å²) in [5, 5.41) is 6.31. The summed E-state index contributed by atoms with van der Waals surface area (Å²) in [7, 11) is 0. The zero-order chi connectivity index (χ0) is 19.6. The molecule has 4 rings (SSSR count). The number of anilines is 1. The average molecular weight is 418 g/mol. The molecule has 1 aliphatic carbocycles. The highest BCUT2D eigenvalue weighted by Crippen LogP contribution is 2.35. The summed E-state index contributed by atoms with van der Waals surface area (Å²) < 4.78 is 4.22. The Balaban J connectivity index is 1.31. The highest BCUT2D eigenvalue weighted by Gasteiger charge is 2.52. The fourth-order valence-corrected chi connectivity index (χ4v) is 5.00. The summed E-state index contributed by atoms with van der Waals surface area (Å²) in [6.45, 7) is -0.321. The Bertz CT molecular complexity index is 896. The van der Waals surface area contributed by atoms with Gasteiger partial charge in [0, 0.05) is 17.3 Å². The molecular weight excluding hydrogens is 398 g/mol. The lowest BCUT2D eigenvalue weighted by atomic mass is 9.98. The first kappa shape index (κ1) is 18.9. The molecule has 1 saturated heterocycles. The van der Waals surface area contributed by atoms with E-state index in [0.29, 0.717) is 23.1 Å². The van der Waals surface area contributed by atoms with Gasteiger partial charge in [-0.05, 0) is 18.4 Å². The maximum atomic E-state index is 12.6. The van der Waals surface area contributed by atoms with Crippen LogP contribution in [0.1, 0.15) is 31.2 Å². The number of urea groups is 1. The highest BCUT2D eigenvalue weighted by atomic mass is 32.2. The van der Waals surface area contributed by atoms with Gasteiger partial charge in [-0.3, -0.25) is 19.8 Å². The number of imide groups is 1. The van der Waals surface area contributed by atoms with Crippen LogP contribution in [0.25, 0.3) is 0 Å². The van der Waals surface area contributed by atoms with E-state index in [2.05, 4.69) is 20.0 Å². The van der Waals surface area contributed by atoms with Crippen LogP contribution < -0.4 is 10.6 Å². The van der Waals surface area contributed by atoms with Gasteiger partial charge in [0.1, 0.15) is 12.1 Å². The predicted octanol–water partition coefficient (Wildman–Crippen LogP) is 2.63. The van der Waals surface area contributed by atoms with Crippen molar-refractivity contribution in [1.29, 1.82) is 0 Å². The summed E-state index contributed by atoms with van der Waals surface area (Å²) >= 11 is 2.55. The van der Waals surface area contributed by atoms with E-state index >= 15 is 0 Å². The normalized spacial score (nSPS) is 17.9. The van der Waals surface area contributed by atoms with E-state index < -0.39 is 17.5 Å². The lowest BCUT2D eigenvalue weighted by molar-refractivity contribution is -0.133. The van der Waals surface area contributed by atoms with Crippen molar-refractivity contribution in [3.63, 3.8) is 0 Å². The number of thioether (sulfide) groups is 1. The van der Waals surface area contributed by atoms with Crippen LogP contribution in [0, 0.1) is 0 Å². The van der Waals surface area contributed by atoms with Crippen molar-refractivity contribution < 1.29 is 14.4 Å². The van der Waals surface area contributed by atoms with E-state index in [1.165, 1.54) is 11.8 Å². The molecule has 8 nitrogen and oxygen atoms in total. The van der Waals surface area contributed by atoms with E-state index in [1.54, 1.807) is 0 Å². The number of carbonyl (C=O) groups excluding carboxylic acids is 3. The zero-order valence-electron chi connectivity index (χ0n) is 15.0.